The second kappa shape index (κ2) is 16.1. The summed E-state index contributed by atoms with van der Waals surface area (Å²) in [4.78, 5) is 41.9. The summed E-state index contributed by atoms with van der Waals surface area (Å²) >= 11 is 1.77. The van der Waals surface area contributed by atoms with Crippen LogP contribution in [0.15, 0.2) is 11.3 Å². The fourth-order valence-electron chi connectivity index (χ4n) is 1.87. The molecule has 0 fully saturated rings. The van der Waals surface area contributed by atoms with E-state index in [1.54, 1.807) is 25.1 Å². The van der Waals surface area contributed by atoms with Gasteiger partial charge in [0, 0.05) is 43.7 Å². The molecule has 0 amide bonds. The Hall–Kier alpha value is -2.69. The Morgan fingerprint density at radius 2 is 1.87 bits per heavy atom. The van der Waals surface area contributed by atoms with Crippen LogP contribution in [-0.2, 0) is 39.6 Å². The van der Waals surface area contributed by atoms with E-state index in [0.29, 0.717) is 12.5 Å². The molecule has 13 nitrogen and oxygen atoms in total. The molecule has 15 heteroatoms. The molecular formula is C16H24N6O7SZn. The molecule has 0 aromatic carbocycles. The fraction of sp³-hybridized carbons (Fsp3) is 0.500. The summed E-state index contributed by atoms with van der Waals surface area (Å²) in [5, 5.41) is 47.5. The molecule has 0 bridgehead atoms. The summed E-state index contributed by atoms with van der Waals surface area (Å²) in [6.07, 6.45) is 1.24. The number of carbonyl (C=O) groups is 3. The van der Waals surface area contributed by atoms with Crippen LogP contribution in [-0.4, -0.2) is 79.2 Å². The van der Waals surface area contributed by atoms with Crippen LogP contribution in [0.5, 0.6) is 0 Å². The van der Waals surface area contributed by atoms with E-state index in [1.165, 1.54) is 0 Å². The number of guanidine groups is 1. The minimum absolute atomic E-state index is 0. The van der Waals surface area contributed by atoms with Gasteiger partial charge < -0.3 is 30.7 Å². The molecule has 0 spiro atoms. The number of thioether (sulfide) groups is 1. The summed E-state index contributed by atoms with van der Waals surface area (Å²) in [5.74, 6) is -2.74. The van der Waals surface area contributed by atoms with E-state index in [-0.39, 0.29) is 19.5 Å². The Kier molecular flexibility index (Phi) is 15.8. The maximum atomic E-state index is 10.3. The molecule has 1 aromatic heterocycles. The number of H-pyrrole nitrogens is 1. The van der Waals surface area contributed by atoms with Crippen molar-refractivity contribution >= 4 is 35.6 Å². The SMILES string of the molecule is CNC(=NCCSCc1nc[nH]c1C)NC#N.O=C(O)CC(O)(CC(=O)O)C(=O)O.[Zn]. The van der Waals surface area contributed by atoms with Crippen molar-refractivity contribution in [1.82, 2.24) is 20.6 Å². The van der Waals surface area contributed by atoms with Gasteiger partial charge in [0.2, 0.25) is 5.96 Å². The van der Waals surface area contributed by atoms with Gasteiger partial charge >= 0.3 is 17.9 Å². The fourth-order valence-corrected chi connectivity index (χ4v) is 2.72. The first-order valence-electron chi connectivity index (χ1n) is 8.39. The first kappa shape index (κ1) is 30.5. The minimum Gasteiger partial charge on any atom is -0.481 e. The van der Waals surface area contributed by atoms with E-state index >= 15 is 0 Å². The van der Waals surface area contributed by atoms with Crippen LogP contribution in [0.4, 0.5) is 0 Å². The molecule has 1 aromatic rings. The van der Waals surface area contributed by atoms with E-state index in [4.69, 9.17) is 25.7 Å². The van der Waals surface area contributed by atoms with Crippen LogP contribution in [0, 0.1) is 18.4 Å². The van der Waals surface area contributed by atoms with Crippen molar-refractivity contribution in [2.75, 3.05) is 19.3 Å². The number of aromatic amines is 1. The van der Waals surface area contributed by atoms with Gasteiger partial charge in [-0.3, -0.25) is 19.9 Å². The van der Waals surface area contributed by atoms with Crippen molar-refractivity contribution in [1.29, 1.82) is 5.26 Å². The number of aliphatic carboxylic acids is 3. The van der Waals surface area contributed by atoms with Crippen molar-refractivity contribution in [2.24, 2.45) is 4.99 Å². The predicted octanol–water partition coefficient (Wildman–Crippen LogP) is -0.654. The van der Waals surface area contributed by atoms with E-state index in [2.05, 4.69) is 25.6 Å². The molecule has 0 unspecified atom stereocenters. The van der Waals surface area contributed by atoms with E-state index < -0.39 is 36.4 Å². The number of nitrogens with zero attached hydrogens (tertiary/aromatic N) is 3. The Labute approximate surface area is 195 Å². The van der Waals surface area contributed by atoms with Crippen molar-refractivity contribution in [2.45, 2.75) is 31.1 Å². The van der Waals surface area contributed by atoms with Gasteiger partial charge in [-0.05, 0) is 6.92 Å². The number of imidazole rings is 1. The number of hydrogen-bond acceptors (Lipinski definition) is 8. The summed E-state index contributed by atoms with van der Waals surface area (Å²) in [6, 6.07) is 0. The third-order valence-electron chi connectivity index (χ3n) is 3.38. The van der Waals surface area contributed by atoms with E-state index in [1.807, 2.05) is 13.1 Å². The number of aliphatic hydroxyl groups is 1. The molecule has 168 valence electrons. The van der Waals surface area contributed by atoms with Crippen LogP contribution in [0.1, 0.15) is 24.2 Å². The van der Waals surface area contributed by atoms with Gasteiger partial charge in [0.1, 0.15) is 0 Å². The largest absolute Gasteiger partial charge is 0.481 e. The normalized spacial score (nSPS) is 10.6. The molecule has 0 saturated carbocycles. The number of aromatic nitrogens is 2. The zero-order valence-corrected chi connectivity index (χ0v) is 20.9. The van der Waals surface area contributed by atoms with Gasteiger partial charge in [0.05, 0.1) is 31.4 Å². The first-order chi connectivity index (χ1) is 14.1. The van der Waals surface area contributed by atoms with Crippen LogP contribution < -0.4 is 10.6 Å². The number of carboxylic acids is 3. The van der Waals surface area contributed by atoms with Crippen LogP contribution in [0.2, 0.25) is 0 Å². The van der Waals surface area contributed by atoms with Gasteiger partial charge in [-0.15, -0.1) is 0 Å². The predicted molar refractivity (Wildman–Crippen MR) is 107 cm³/mol. The molecule has 0 radical (unpaired) electrons. The third-order valence-corrected chi connectivity index (χ3v) is 4.32. The van der Waals surface area contributed by atoms with Gasteiger partial charge in [-0.2, -0.15) is 17.0 Å². The Bertz CT molecular complexity index is 780. The van der Waals surface area contributed by atoms with Gasteiger partial charge in [-0.25, -0.2) is 9.78 Å². The van der Waals surface area contributed by atoms with Crippen LogP contribution in [0.3, 0.4) is 0 Å². The molecule has 0 atom stereocenters. The standard InChI is InChI=1S/C10H16N6S.C6H8O7.Zn/c1-8-9(16-7-15-8)5-17-4-3-13-10(12-2)14-6-11;7-3(8)1-6(13,5(11)12)2-4(9)10;/h7H,3-5H2,1-2H3,(H,15,16)(H2,12,13,14);13H,1-2H2,(H,7,8)(H,9,10)(H,11,12);. The minimum atomic E-state index is -2.74. The van der Waals surface area contributed by atoms with Crippen molar-refractivity contribution in [3.05, 3.63) is 17.7 Å². The van der Waals surface area contributed by atoms with Gasteiger partial charge in [-0.1, -0.05) is 0 Å². The molecule has 0 aliphatic carbocycles. The smallest absolute Gasteiger partial charge is 0.336 e. The first-order valence-corrected chi connectivity index (χ1v) is 9.54. The van der Waals surface area contributed by atoms with Gasteiger partial charge in [0.15, 0.2) is 11.8 Å². The third kappa shape index (κ3) is 13.3. The number of carboxylic acid groups (broad SMARTS) is 3. The molecule has 7 N–H and O–H groups in total. The molecular weight excluding hydrogens is 486 g/mol. The average molecular weight is 510 g/mol. The number of aliphatic imine (C=N–C) groups is 1. The zero-order valence-electron chi connectivity index (χ0n) is 17.1. The van der Waals surface area contributed by atoms with Crippen LogP contribution in [0.25, 0.3) is 0 Å². The zero-order chi connectivity index (χ0) is 23.2. The quantitative estimate of drug-likeness (QED) is 0.0521. The van der Waals surface area contributed by atoms with Crippen molar-refractivity contribution < 1.29 is 54.3 Å². The molecule has 0 aliphatic heterocycles. The number of nitriles is 1. The maximum Gasteiger partial charge on any atom is 0.336 e. The second-order valence-corrected chi connectivity index (χ2v) is 6.83. The Morgan fingerprint density at radius 3 is 2.26 bits per heavy atom. The molecule has 1 rings (SSSR count). The van der Waals surface area contributed by atoms with Crippen molar-refractivity contribution in [3.8, 4) is 6.19 Å². The molecule has 0 saturated heterocycles. The Balaban J connectivity index is 0. The summed E-state index contributed by atoms with van der Waals surface area (Å²) in [6.45, 7) is 2.68. The summed E-state index contributed by atoms with van der Waals surface area (Å²) < 4.78 is 0. The monoisotopic (exact) mass is 508 g/mol. The van der Waals surface area contributed by atoms with E-state index in [9.17, 15) is 14.4 Å². The molecule has 0 aliphatic rings. The van der Waals surface area contributed by atoms with E-state index in [0.717, 1.165) is 22.9 Å². The topological polar surface area (TPSA) is 221 Å². The summed E-state index contributed by atoms with van der Waals surface area (Å²) in [5.41, 5.74) is -0.538. The average Bonchev–Trinajstić information content (AvgIpc) is 3.04. The second-order valence-electron chi connectivity index (χ2n) is 5.72. The number of rotatable bonds is 10. The van der Waals surface area contributed by atoms with Crippen molar-refractivity contribution in [3.63, 3.8) is 0 Å². The molecule has 1 heterocycles. The maximum absolute atomic E-state index is 10.3. The van der Waals surface area contributed by atoms with Crippen LogP contribution >= 0.6 is 11.8 Å². The number of aryl methyl sites for hydroxylation is 1. The van der Waals surface area contributed by atoms with Gasteiger partial charge in [0.25, 0.3) is 0 Å². The summed E-state index contributed by atoms with van der Waals surface area (Å²) in [7, 11) is 1.73. The number of hydrogen-bond donors (Lipinski definition) is 7. The molecule has 31 heavy (non-hydrogen) atoms. The number of nitrogens with one attached hydrogen (secondary N) is 3. The Morgan fingerprint density at radius 1 is 1.29 bits per heavy atom.